The van der Waals surface area contributed by atoms with E-state index in [1.807, 2.05) is 0 Å². The van der Waals surface area contributed by atoms with Crippen LogP contribution in [0.4, 0.5) is 0 Å². The van der Waals surface area contributed by atoms with Crippen LogP contribution in [0.15, 0.2) is 54.6 Å². The van der Waals surface area contributed by atoms with Gasteiger partial charge in [-0.15, -0.1) is 0 Å². The fourth-order valence-electron chi connectivity index (χ4n) is 4.40. The average molecular weight is 375 g/mol. The summed E-state index contributed by atoms with van der Waals surface area (Å²) in [6.45, 7) is 4.57. The van der Waals surface area contributed by atoms with Crippen LogP contribution in [0, 0.1) is 5.92 Å². The number of hydrogen-bond donors (Lipinski definition) is 0. The van der Waals surface area contributed by atoms with Crippen LogP contribution < -0.4 is 0 Å². The van der Waals surface area contributed by atoms with Gasteiger partial charge in [0.2, 0.25) is 0 Å². The molecule has 0 N–H and O–H groups in total. The van der Waals surface area contributed by atoms with E-state index in [4.69, 9.17) is 0 Å². The van der Waals surface area contributed by atoms with E-state index in [0.717, 1.165) is 5.92 Å². The zero-order valence-electron chi connectivity index (χ0n) is 18.1. The Morgan fingerprint density at radius 3 is 1.96 bits per heavy atom. The molecular weight excluding hydrogens is 336 g/mol. The van der Waals surface area contributed by atoms with E-state index in [0.29, 0.717) is 0 Å². The average Bonchev–Trinajstić information content (AvgIpc) is 2.76. The van der Waals surface area contributed by atoms with Crippen molar-refractivity contribution >= 4 is 5.57 Å². The molecule has 1 aliphatic rings. The van der Waals surface area contributed by atoms with E-state index in [1.54, 1.807) is 5.57 Å². The van der Waals surface area contributed by atoms with Crippen LogP contribution in [-0.4, -0.2) is 0 Å². The third-order valence-electron chi connectivity index (χ3n) is 6.35. The van der Waals surface area contributed by atoms with Gasteiger partial charge in [-0.25, -0.2) is 0 Å². The molecular formula is C28H38. The van der Waals surface area contributed by atoms with E-state index in [-0.39, 0.29) is 0 Å². The van der Waals surface area contributed by atoms with Crippen molar-refractivity contribution in [3.8, 4) is 11.1 Å². The molecule has 1 atom stereocenters. The normalized spacial score (nSPS) is 16.8. The van der Waals surface area contributed by atoms with Crippen LogP contribution in [0.5, 0.6) is 0 Å². The number of rotatable bonds is 10. The Hall–Kier alpha value is -1.82. The molecule has 0 heterocycles. The molecule has 150 valence electrons. The molecule has 1 aliphatic carbocycles. The number of benzene rings is 2. The molecule has 0 heteroatoms. The molecule has 1 unspecified atom stereocenters. The third-order valence-corrected chi connectivity index (χ3v) is 6.35. The van der Waals surface area contributed by atoms with E-state index in [9.17, 15) is 0 Å². The summed E-state index contributed by atoms with van der Waals surface area (Å²) in [7, 11) is 0. The molecule has 2 aromatic carbocycles. The number of aryl methyl sites for hydroxylation is 1. The van der Waals surface area contributed by atoms with E-state index in [2.05, 4.69) is 68.5 Å². The van der Waals surface area contributed by atoms with Gasteiger partial charge in [0.15, 0.2) is 0 Å². The third kappa shape index (κ3) is 6.09. The summed E-state index contributed by atoms with van der Waals surface area (Å²) < 4.78 is 0. The standard InChI is InChI=1S/C28H38/c1-3-5-7-8-10-24-13-17-26(18-14-24)28-21-19-27(20-22-28)25-15-11-23(12-16-25)9-6-4-2/h13-15,17-23H,3-12,16H2,1-2H3. The van der Waals surface area contributed by atoms with Crippen LogP contribution in [-0.2, 0) is 6.42 Å². The van der Waals surface area contributed by atoms with E-state index >= 15 is 0 Å². The molecule has 0 fully saturated rings. The summed E-state index contributed by atoms with van der Waals surface area (Å²) in [6.07, 6.45) is 17.1. The summed E-state index contributed by atoms with van der Waals surface area (Å²) in [5, 5.41) is 0. The highest BCUT2D eigenvalue weighted by molar-refractivity contribution is 5.71. The fraction of sp³-hybridized carbons (Fsp3) is 0.500. The van der Waals surface area contributed by atoms with Crippen LogP contribution in [0.2, 0.25) is 0 Å². The largest absolute Gasteiger partial charge is 0.0804 e. The molecule has 0 spiro atoms. The Morgan fingerprint density at radius 2 is 1.36 bits per heavy atom. The zero-order valence-corrected chi connectivity index (χ0v) is 18.1. The maximum Gasteiger partial charge on any atom is -0.0184 e. The molecule has 2 aromatic rings. The molecule has 0 amide bonds. The minimum Gasteiger partial charge on any atom is -0.0804 e. The van der Waals surface area contributed by atoms with Crippen molar-refractivity contribution in [3.63, 3.8) is 0 Å². The van der Waals surface area contributed by atoms with Crippen molar-refractivity contribution in [2.75, 3.05) is 0 Å². The van der Waals surface area contributed by atoms with Gasteiger partial charge in [0.1, 0.15) is 0 Å². The Bertz CT molecular complexity index is 718. The molecule has 3 rings (SSSR count). The molecule has 0 radical (unpaired) electrons. The molecule has 0 saturated carbocycles. The second-order valence-electron chi connectivity index (χ2n) is 8.60. The molecule has 0 aliphatic heterocycles. The molecule has 0 nitrogen and oxygen atoms in total. The fourth-order valence-corrected chi connectivity index (χ4v) is 4.40. The first-order valence-corrected chi connectivity index (χ1v) is 11.7. The number of allylic oxidation sites excluding steroid dienone is 2. The maximum atomic E-state index is 2.51. The smallest absolute Gasteiger partial charge is 0.0184 e. The van der Waals surface area contributed by atoms with Crippen molar-refractivity contribution in [2.24, 2.45) is 5.92 Å². The molecule has 0 bridgehead atoms. The van der Waals surface area contributed by atoms with Crippen LogP contribution >= 0.6 is 0 Å². The van der Waals surface area contributed by atoms with Gasteiger partial charge in [-0.05, 0) is 65.8 Å². The van der Waals surface area contributed by atoms with Crippen LogP contribution in [0.3, 0.4) is 0 Å². The van der Waals surface area contributed by atoms with Gasteiger partial charge in [-0.3, -0.25) is 0 Å². The Labute approximate surface area is 173 Å². The topological polar surface area (TPSA) is 0 Å². The minimum atomic E-state index is 0.920. The lowest BCUT2D eigenvalue weighted by Gasteiger charge is -2.22. The second-order valence-corrected chi connectivity index (χ2v) is 8.60. The van der Waals surface area contributed by atoms with Gasteiger partial charge in [0.05, 0.1) is 0 Å². The van der Waals surface area contributed by atoms with Crippen LogP contribution in [0.1, 0.15) is 89.2 Å². The van der Waals surface area contributed by atoms with Gasteiger partial charge in [0, 0.05) is 0 Å². The first-order valence-electron chi connectivity index (χ1n) is 11.7. The monoisotopic (exact) mass is 374 g/mol. The van der Waals surface area contributed by atoms with Crippen molar-refractivity contribution in [3.05, 3.63) is 65.7 Å². The molecule has 0 aromatic heterocycles. The quantitative estimate of drug-likeness (QED) is 0.364. The van der Waals surface area contributed by atoms with Gasteiger partial charge in [-0.2, -0.15) is 0 Å². The molecule has 28 heavy (non-hydrogen) atoms. The Balaban J connectivity index is 1.56. The van der Waals surface area contributed by atoms with Gasteiger partial charge in [-0.1, -0.05) is 107 Å². The first-order chi connectivity index (χ1) is 13.8. The predicted molar refractivity (Wildman–Crippen MR) is 125 cm³/mol. The Morgan fingerprint density at radius 1 is 0.714 bits per heavy atom. The van der Waals surface area contributed by atoms with E-state index in [1.165, 1.54) is 92.9 Å². The highest BCUT2D eigenvalue weighted by Crippen LogP contribution is 2.33. The summed E-state index contributed by atoms with van der Waals surface area (Å²) in [6, 6.07) is 18.5. The number of unbranched alkanes of at least 4 members (excludes halogenated alkanes) is 4. The van der Waals surface area contributed by atoms with E-state index < -0.39 is 0 Å². The highest BCUT2D eigenvalue weighted by Gasteiger charge is 2.15. The number of hydrogen-bond acceptors (Lipinski definition) is 0. The summed E-state index contributed by atoms with van der Waals surface area (Å²) >= 11 is 0. The second kappa shape index (κ2) is 11.2. The predicted octanol–water partition coefficient (Wildman–Crippen LogP) is 8.85. The molecule has 0 saturated heterocycles. The highest BCUT2D eigenvalue weighted by atomic mass is 14.2. The zero-order chi connectivity index (χ0) is 19.6. The minimum absolute atomic E-state index is 0.920. The maximum absolute atomic E-state index is 2.51. The van der Waals surface area contributed by atoms with Gasteiger partial charge >= 0.3 is 0 Å². The van der Waals surface area contributed by atoms with Gasteiger partial charge < -0.3 is 0 Å². The first kappa shape index (κ1) is 20.9. The Kier molecular flexibility index (Phi) is 8.40. The van der Waals surface area contributed by atoms with Crippen molar-refractivity contribution in [1.29, 1.82) is 0 Å². The van der Waals surface area contributed by atoms with Crippen molar-refractivity contribution in [2.45, 2.75) is 84.5 Å². The lowest BCUT2D eigenvalue weighted by Crippen LogP contribution is -2.05. The van der Waals surface area contributed by atoms with Crippen molar-refractivity contribution in [1.82, 2.24) is 0 Å². The summed E-state index contributed by atoms with van der Waals surface area (Å²) in [5.74, 6) is 0.920. The lowest BCUT2D eigenvalue weighted by molar-refractivity contribution is 0.434. The summed E-state index contributed by atoms with van der Waals surface area (Å²) in [4.78, 5) is 0. The SMILES string of the molecule is CCCCCCc1ccc(-c2ccc(C3=CCC(CCCC)CC3)cc2)cc1. The van der Waals surface area contributed by atoms with Crippen LogP contribution in [0.25, 0.3) is 16.7 Å². The van der Waals surface area contributed by atoms with Crippen molar-refractivity contribution < 1.29 is 0 Å². The summed E-state index contributed by atoms with van der Waals surface area (Å²) in [5.41, 5.74) is 7.12. The lowest BCUT2D eigenvalue weighted by atomic mass is 9.84. The van der Waals surface area contributed by atoms with Gasteiger partial charge in [0.25, 0.3) is 0 Å².